The van der Waals surface area contributed by atoms with Gasteiger partial charge in [-0.1, -0.05) is 6.92 Å². The summed E-state index contributed by atoms with van der Waals surface area (Å²) in [5, 5.41) is 15.6. The minimum absolute atomic E-state index is 0.244. The topological polar surface area (TPSA) is 84.9 Å². The fourth-order valence-electron chi connectivity index (χ4n) is 3.27. The van der Waals surface area contributed by atoms with Gasteiger partial charge in [0.25, 0.3) is 0 Å². The lowest BCUT2D eigenvalue weighted by molar-refractivity contribution is -0.148. The summed E-state index contributed by atoms with van der Waals surface area (Å²) in [4.78, 5) is 27.6. The molecule has 2 heterocycles. The Hall–Kier alpha value is -1.34. The molecule has 120 valence electrons. The van der Waals surface area contributed by atoms with Gasteiger partial charge in [-0.05, 0) is 19.3 Å². The number of hydrogen-bond acceptors (Lipinski definition) is 4. The van der Waals surface area contributed by atoms with Crippen molar-refractivity contribution < 1.29 is 14.7 Å². The van der Waals surface area contributed by atoms with Crippen LogP contribution in [0.15, 0.2) is 0 Å². The van der Waals surface area contributed by atoms with E-state index in [2.05, 4.69) is 15.5 Å². The van der Waals surface area contributed by atoms with Crippen molar-refractivity contribution in [2.75, 3.05) is 45.8 Å². The van der Waals surface area contributed by atoms with E-state index in [1.54, 1.807) is 0 Å². The van der Waals surface area contributed by atoms with Crippen molar-refractivity contribution in [3.63, 3.8) is 0 Å². The predicted octanol–water partition coefficient (Wildman–Crippen LogP) is -0.0696. The first-order valence-electron chi connectivity index (χ1n) is 7.82. The van der Waals surface area contributed by atoms with E-state index >= 15 is 0 Å². The standard InChI is InChI=1S/C14H26N4O3/c1-2-14(12(19)20)4-3-8-18(14)13(21)16-7-11-17-9-5-15-6-10-17/h15H,2-11H2,1H3,(H,16,21)(H,19,20). The Labute approximate surface area is 125 Å². The van der Waals surface area contributed by atoms with Gasteiger partial charge in [-0.15, -0.1) is 0 Å². The van der Waals surface area contributed by atoms with Gasteiger partial charge in [0.15, 0.2) is 0 Å². The van der Waals surface area contributed by atoms with Crippen LogP contribution in [0.25, 0.3) is 0 Å². The third kappa shape index (κ3) is 3.47. The fourth-order valence-corrected chi connectivity index (χ4v) is 3.27. The second-order valence-corrected chi connectivity index (χ2v) is 5.77. The largest absolute Gasteiger partial charge is 0.479 e. The van der Waals surface area contributed by atoms with Gasteiger partial charge in [0.05, 0.1) is 0 Å². The summed E-state index contributed by atoms with van der Waals surface area (Å²) in [7, 11) is 0. The molecule has 0 aromatic heterocycles. The number of piperazine rings is 1. The zero-order valence-corrected chi connectivity index (χ0v) is 12.7. The molecule has 7 heteroatoms. The summed E-state index contributed by atoms with van der Waals surface area (Å²) in [5.41, 5.74) is -1.01. The van der Waals surface area contributed by atoms with Crippen LogP contribution in [0.1, 0.15) is 26.2 Å². The second-order valence-electron chi connectivity index (χ2n) is 5.77. The number of carboxylic acids is 1. The lowest BCUT2D eigenvalue weighted by Crippen LogP contribution is -2.56. The molecule has 21 heavy (non-hydrogen) atoms. The van der Waals surface area contributed by atoms with E-state index in [0.29, 0.717) is 25.9 Å². The third-order valence-corrected chi connectivity index (χ3v) is 4.63. The Kier molecular flexibility index (Phi) is 5.41. The first-order chi connectivity index (χ1) is 10.1. The zero-order chi connectivity index (χ0) is 15.3. The number of carbonyl (C=O) groups excluding carboxylic acids is 1. The molecule has 2 saturated heterocycles. The van der Waals surface area contributed by atoms with E-state index in [4.69, 9.17) is 0 Å². The van der Waals surface area contributed by atoms with Crippen LogP contribution in [0.5, 0.6) is 0 Å². The normalized spacial score (nSPS) is 26.8. The minimum atomic E-state index is -1.01. The van der Waals surface area contributed by atoms with Crippen molar-refractivity contribution in [2.24, 2.45) is 0 Å². The molecule has 2 rings (SSSR count). The van der Waals surface area contributed by atoms with Crippen LogP contribution in [-0.4, -0.2) is 78.3 Å². The van der Waals surface area contributed by atoms with E-state index in [1.165, 1.54) is 4.90 Å². The molecule has 0 aromatic rings. The molecule has 7 nitrogen and oxygen atoms in total. The molecule has 0 bridgehead atoms. The van der Waals surface area contributed by atoms with Gasteiger partial charge < -0.3 is 20.6 Å². The summed E-state index contributed by atoms with van der Waals surface area (Å²) >= 11 is 0. The summed E-state index contributed by atoms with van der Waals surface area (Å²) in [6.07, 6.45) is 1.75. The van der Waals surface area contributed by atoms with Crippen LogP contribution in [0.4, 0.5) is 4.79 Å². The Morgan fingerprint density at radius 1 is 1.29 bits per heavy atom. The number of hydrogen-bond donors (Lipinski definition) is 3. The van der Waals surface area contributed by atoms with Gasteiger partial charge in [-0.3, -0.25) is 4.90 Å². The maximum absolute atomic E-state index is 12.3. The maximum atomic E-state index is 12.3. The van der Waals surface area contributed by atoms with E-state index in [-0.39, 0.29) is 6.03 Å². The van der Waals surface area contributed by atoms with Gasteiger partial charge in [-0.2, -0.15) is 0 Å². The van der Waals surface area contributed by atoms with E-state index in [1.807, 2.05) is 6.92 Å². The second kappa shape index (κ2) is 7.09. The number of likely N-dealkylation sites (tertiary alicyclic amines) is 1. The molecule has 1 atom stereocenters. The van der Waals surface area contributed by atoms with Gasteiger partial charge in [-0.25, -0.2) is 9.59 Å². The quantitative estimate of drug-likeness (QED) is 0.662. The highest BCUT2D eigenvalue weighted by Crippen LogP contribution is 2.32. The average molecular weight is 298 g/mol. The number of nitrogens with one attached hydrogen (secondary N) is 2. The molecule has 0 saturated carbocycles. The zero-order valence-electron chi connectivity index (χ0n) is 12.7. The predicted molar refractivity (Wildman–Crippen MR) is 79.3 cm³/mol. The molecule has 2 fully saturated rings. The maximum Gasteiger partial charge on any atom is 0.329 e. The van der Waals surface area contributed by atoms with Crippen molar-refractivity contribution in [1.82, 2.24) is 20.4 Å². The van der Waals surface area contributed by atoms with Crippen LogP contribution in [0.2, 0.25) is 0 Å². The highest BCUT2D eigenvalue weighted by molar-refractivity contribution is 5.87. The number of urea groups is 1. The lowest BCUT2D eigenvalue weighted by atomic mass is 9.93. The summed E-state index contributed by atoms with van der Waals surface area (Å²) < 4.78 is 0. The molecule has 2 amide bonds. The monoisotopic (exact) mass is 298 g/mol. The molecular weight excluding hydrogens is 272 g/mol. The third-order valence-electron chi connectivity index (χ3n) is 4.63. The van der Waals surface area contributed by atoms with Gasteiger partial charge >= 0.3 is 12.0 Å². The van der Waals surface area contributed by atoms with Gasteiger partial charge in [0.2, 0.25) is 0 Å². The SMILES string of the molecule is CCC1(C(=O)O)CCCN1C(=O)NCCN1CCNCC1. The first kappa shape index (κ1) is 16.0. The molecule has 0 aliphatic carbocycles. The molecule has 2 aliphatic heterocycles. The van der Waals surface area contributed by atoms with Crippen molar-refractivity contribution >= 4 is 12.0 Å². The molecular formula is C14H26N4O3. The molecule has 3 N–H and O–H groups in total. The van der Waals surface area contributed by atoms with Crippen molar-refractivity contribution in [1.29, 1.82) is 0 Å². The molecule has 0 spiro atoms. The summed E-state index contributed by atoms with van der Waals surface area (Å²) in [5.74, 6) is -0.889. The average Bonchev–Trinajstić information content (AvgIpc) is 2.93. The Morgan fingerprint density at radius 2 is 2.00 bits per heavy atom. The van der Waals surface area contributed by atoms with Crippen molar-refractivity contribution in [3.05, 3.63) is 0 Å². The molecule has 1 unspecified atom stereocenters. The van der Waals surface area contributed by atoms with Crippen molar-refractivity contribution in [3.8, 4) is 0 Å². The number of amides is 2. The summed E-state index contributed by atoms with van der Waals surface area (Å²) in [6.45, 7) is 7.69. The number of rotatable bonds is 5. The van der Waals surface area contributed by atoms with Gasteiger partial charge in [0, 0.05) is 45.8 Å². The van der Waals surface area contributed by atoms with E-state index in [0.717, 1.165) is 39.1 Å². The number of nitrogens with zero attached hydrogens (tertiary/aromatic N) is 2. The molecule has 0 aromatic carbocycles. The number of carboxylic acid groups (broad SMARTS) is 1. The molecule has 0 radical (unpaired) electrons. The Morgan fingerprint density at radius 3 is 2.62 bits per heavy atom. The Balaban J connectivity index is 1.83. The van der Waals surface area contributed by atoms with Crippen LogP contribution >= 0.6 is 0 Å². The Bertz CT molecular complexity index is 384. The van der Waals surface area contributed by atoms with E-state index in [9.17, 15) is 14.7 Å². The number of carbonyl (C=O) groups is 2. The van der Waals surface area contributed by atoms with Crippen LogP contribution in [0, 0.1) is 0 Å². The molecule has 2 aliphatic rings. The van der Waals surface area contributed by atoms with E-state index < -0.39 is 11.5 Å². The number of aliphatic carboxylic acids is 1. The lowest BCUT2D eigenvalue weighted by Gasteiger charge is -2.34. The van der Waals surface area contributed by atoms with Crippen LogP contribution in [-0.2, 0) is 4.79 Å². The highest BCUT2D eigenvalue weighted by Gasteiger charge is 2.48. The first-order valence-corrected chi connectivity index (χ1v) is 7.82. The fraction of sp³-hybridized carbons (Fsp3) is 0.857. The highest BCUT2D eigenvalue weighted by atomic mass is 16.4. The smallest absolute Gasteiger partial charge is 0.329 e. The van der Waals surface area contributed by atoms with Crippen molar-refractivity contribution in [2.45, 2.75) is 31.7 Å². The van der Waals surface area contributed by atoms with Gasteiger partial charge in [0.1, 0.15) is 5.54 Å². The van der Waals surface area contributed by atoms with Crippen LogP contribution in [0.3, 0.4) is 0 Å². The minimum Gasteiger partial charge on any atom is -0.479 e. The van der Waals surface area contributed by atoms with Crippen LogP contribution < -0.4 is 10.6 Å². The summed E-state index contributed by atoms with van der Waals surface area (Å²) in [6, 6.07) is -0.244.